The molecule has 2 fully saturated rings. The molecule has 1 saturated carbocycles. The third-order valence-electron chi connectivity index (χ3n) is 6.49. The van der Waals surface area contributed by atoms with E-state index in [2.05, 4.69) is 21.0 Å². The molecule has 31 heavy (non-hydrogen) atoms. The lowest BCUT2D eigenvalue weighted by molar-refractivity contribution is 0.0883. The van der Waals surface area contributed by atoms with Crippen LogP contribution in [0.1, 0.15) is 42.7 Å². The maximum atomic E-state index is 13.9. The molecule has 7 nitrogen and oxygen atoms in total. The third-order valence-corrected chi connectivity index (χ3v) is 6.49. The molecule has 1 aliphatic heterocycles. The summed E-state index contributed by atoms with van der Waals surface area (Å²) in [4.78, 5) is 4.86. The molecule has 4 N–H and O–H groups in total. The van der Waals surface area contributed by atoms with Gasteiger partial charge in [0.05, 0.1) is 12.3 Å². The quantitative estimate of drug-likeness (QED) is 0.484. The smallest absolute Gasteiger partial charge is 0.163 e. The summed E-state index contributed by atoms with van der Waals surface area (Å²) in [7, 11) is 0. The fourth-order valence-electron chi connectivity index (χ4n) is 4.49. The van der Waals surface area contributed by atoms with Gasteiger partial charge in [-0.25, -0.2) is 9.37 Å². The highest BCUT2D eigenvalue weighted by Crippen LogP contribution is 2.38. The summed E-state index contributed by atoms with van der Waals surface area (Å²) in [6, 6.07) is 6.80. The minimum atomic E-state index is -0.363. The molecule has 0 radical (unpaired) electrons. The van der Waals surface area contributed by atoms with Gasteiger partial charge in [0, 0.05) is 36.3 Å². The van der Waals surface area contributed by atoms with Crippen LogP contribution < -0.4 is 16.0 Å². The highest BCUT2D eigenvalue weighted by molar-refractivity contribution is 5.66. The predicted octanol–water partition coefficient (Wildman–Crippen LogP) is 3.57. The summed E-state index contributed by atoms with van der Waals surface area (Å²) in [5, 5.41) is 24.8. The topological polar surface area (TPSA) is 86.5 Å². The number of benzene rings is 1. The lowest BCUT2D eigenvalue weighted by atomic mass is 9.81. The first-order chi connectivity index (χ1) is 15.1. The Morgan fingerprint density at radius 2 is 2.10 bits per heavy atom. The summed E-state index contributed by atoms with van der Waals surface area (Å²) in [5.74, 6) is 1.86. The van der Waals surface area contributed by atoms with Crippen LogP contribution in [-0.2, 0) is 0 Å². The second-order valence-electron chi connectivity index (χ2n) is 8.83. The summed E-state index contributed by atoms with van der Waals surface area (Å²) < 4.78 is 15.7. The fraction of sp³-hybridized carbons (Fsp3) is 0.478. The van der Waals surface area contributed by atoms with Crippen LogP contribution in [-0.4, -0.2) is 45.4 Å². The molecule has 0 unspecified atom stereocenters. The molecule has 2 aliphatic rings. The van der Waals surface area contributed by atoms with Crippen LogP contribution in [0.3, 0.4) is 0 Å². The van der Waals surface area contributed by atoms with E-state index >= 15 is 0 Å². The van der Waals surface area contributed by atoms with Gasteiger partial charge < -0.3 is 21.1 Å². The SMILES string of the molecule is Cc1cc(F)cc(Nc2cc(NC[C@@H]3CCNC[C@H]3O)nc3c(C4CCC4)cnn23)c1. The first-order valence-corrected chi connectivity index (χ1v) is 11.1. The van der Waals surface area contributed by atoms with Crippen molar-refractivity contribution < 1.29 is 9.50 Å². The van der Waals surface area contributed by atoms with E-state index in [1.807, 2.05) is 25.3 Å². The standard InChI is InChI=1S/C23H29FN6O/c1-14-7-17(24)9-18(8-14)28-22-10-21(26-11-16-5-6-25-13-20(16)31)29-23-19(12-27-30(22)23)15-3-2-4-15/h7-10,12,15-16,20,25,28,31H,2-6,11,13H2,1H3,(H,26,29)/t16-,20+/m0/s1. The van der Waals surface area contributed by atoms with E-state index in [-0.39, 0.29) is 17.8 Å². The number of aryl methyl sites for hydroxylation is 1. The molecule has 164 valence electrons. The fourth-order valence-corrected chi connectivity index (χ4v) is 4.49. The van der Waals surface area contributed by atoms with E-state index in [0.29, 0.717) is 24.7 Å². The van der Waals surface area contributed by atoms with E-state index in [1.165, 1.54) is 18.6 Å². The van der Waals surface area contributed by atoms with E-state index < -0.39 is 0 Å². The molecule has 2 aromatic heterocycles. The number of rotatable bonds is 6. The second kappa shape index (κ2) is 8.43. The van der Waals surface area contributed by atoms with Crippen molar-refractivity contribution in [2.24, 2.45) is 5.92 Å². The number of aromatic nitrogens is 3. The van der Waals surface area contributed by atoms with Gasteiger partial charge in [-0.15, -0.1) is 0 Å². The molecule has 3 heterocycles. The first kappa shape index (κ1) is 20.2. The van der Waals surface area contributed by atoms with Crippen molar-refractivity contribution in [2.45, 2.75) is 44.6 Å². The Morgan fingerprint density at radius 3 is 2.84 bits per heavy atom. The molecule has 0 amide bonds. The number of β-amino-alcohol motifs (C(OH)–C–C–N with tert-alkyl or cyclic N) is 1. The van der Waals surface area contributed by atoms with Crippen LogP contribution in [0.15, 0.2) is 30.5 Å². The van der Waals surface area contributed by atoms with Gasteiger partial charge in [-0.3, -0.25) is 0 Å². The highest BCUT2D eigenvalue weighted by Gasteiger charge is 2.26. The van der Waals surface area contributed by atoms with Crippen molar-refractivity contribution in [3.8, 4) is 0 Å². The van der Waals surface area contributed by atoms with Crippen LogP contribution in [0.25, 0.3) is 5.65 Å². The number of aliphatic hydroxyl groups is 1. The number of aliphatic hydroxyl groups excluding tert-OH is 1. The molecule has 3 aromatic rings. The number of halogens is 1. The van der Waals surface area contributed by atoms with Gasteiger partial charge in [-0.05, 0) is 62.4 Å². The minimum Gasteiger partial charge on any atom is -0.391 e. The zero-order valence-electron chi connectivity index (χ0n) is 17.7. The van der Waals surface area contributed by atoms with Gasteiger partial charge in [-0.1, -0.05) is 6.42 Å². The Kier molecular flexibility index (Phi) is 5.50. The van der Waals surface area contributed by atoms with Crippen LogP contribution in [0.2, 0.25) is 0 Å². The van der Waals surface area contributed by atoms with E-state index in [0.717, 1.165) is 54.2 Å². The average Bonchev–Trinajstić information content (AvgIpc) is 3.09. The Bertz CT molecular complexity index is 1060. The number of anilines is 3. The zero-order chi connectivity index (χ0) is 21.4. The molecule has 1 saturated heterocycles. The molecular weight excluding hydrogens is 395 g/mol. The lowest BCUT2D eigenvalue weighted by Crippen LogP contribution is -2.43. The number of fused-ring (bicyclic) bond motifs is 1. The van der Waals surface area contributed by atoms with E-state index in [1.54, 1.807) is 4.52 Å². The van der Waals surface area contributed by atoms with Gasteiger partial charge >= 0.3 is 0 Å². The van der Waals surface area contributed by atoms with Crippen LogP contribution in [0.5, 0.6) is 0 Å². The molecule has 1 aromatic carbocycles. The number of hydrogen-bond donors (Lipinski definition) is 4. The summed E-state index contributed by atoms with van der Waals surface area (Å²) in [6.07, 6.45) is 6.03. The molecular formula is C23H29FN6O. The monoisotopic (exact) mass is 424 g/mol. The Labute approximate surface area is 181 Å². The van der Waals surface area contributed by atoms with Crippen molar-refractivity contribution in [3.05, 3.63) is 47.4 Å². The van der Waals surface area contributed by atoms with Crippen LogP contribution in [0.4, 0.5) is 21.7 Å². The predicted molar refractivity (Wildman–Crippen MR) is 119 cm³/mol. The number of nitrogens with zero attached hydrogens (tertiary/aromatic N) is 3. The Balaban J connectivity index is 1.47. The summed E-state index contributed by atoms with van der Waals surface area (Å²) >= 11 is 0. The molecule has 1 aliphatic carbocycles. The van der Waals surface area contributed by atoms with Crippen molar-refractivity contribution in [1.29, 1.82) is 0 Å². The van der Waals surface area contributed by atoms with E-state index in [4.69, 9.17) is 4.98 Å². The summed E-state index contributed by atoms with van der Waals surface area (Å²) in [5.41, 5.74) is 3.51. The van der Waals surface area contributed by atoms with Gasteiger partial charge in [0.25, 0.3) is 0 Å². The Morgan fingerprint density at radius 1 is 1.23 bits per heavy atom. The zero-order valence-corrected chi connectivity index (χ0v) is 17.7. The lowest BCUT2D eigenvalue weighted by Gasteiger charge is -2.28. The van der Waals surface area contributed by atoms with Crippen molar-refractivity contribution in [2.75, 3.05) is 30.3 Å². The summed E-state index contributed by atoms with van der Waals surface area (Å²) in [6.45, 7) is 4.06. The molecule has 0 spiro atoms. The number of hydrogen-bond acceptors (Lipinski definition) is 6. The van der Waals surface area contributed by atoms with Crippen molar-refractivity contribution >= 4 is 23.0 Å². The second-order valence-corrected chi connectivity index (χ2v) is 8.83. The van der Waals surface area contributed by atoms with Gasteiger partial charge in [0.15, 0.2) is 5.65 Å². The number of piperidine rings is 1. The molecule has 5 rings (SSSR count). The molecule has 8 heteroatoms. The van der Waals surface area contributed by atoms with Gasteiger partial charge in [0.1, 0.15) is 17.5 Å². The Hall–Kier alpha value is -2.71. The van der Waals surface area contributed by atoms with Crippen LogP contribution in [0, 0.1) is 18.7 Å². The van der Waals surface area contributed by atoms with Gasteiger partial charge in [0.2, 0.25) is 0 Å². The van der Waals surface area contributed by atoms with Crippen LogP contribution >= 0.6 is 0 Å². The maximum absolute atomic E-state index is 13.9. The van der Waals surface area contributed by atoms with Crippen molar-refractivity contribution in [1.82, 2.24) is 19.9 Å². The maximum Gasteiger partial charge on any atom is 0.163 e. The first-order valence-electron chi connectivity index (χ1n) is 11.1. The van der Waals surface area contributed by atoms with Gasteiger partial charge in [-0.2, -0.15) is 9.61 Å². The molecule has 0 bridgehead atoms. The number of nitrogens with one attached hydrogen (secondary N) is 3. The normalized spacial score (nSPS) is 21.8. The van der Waals surface area contributed by atoms with Crippen molar-refractivity contribution in [3.63, 3.8) is 0 Å². The highest BCUT2D eigenvalue weighted by atomic mass is 19.1. The largest absolute Gasteiger partial charge is 0.391 e. The van der Waals surface area contributed by atoms with E-state index in [9.17, 15) is 9.50 Å². The minimum absolute atomic E-state index is 0.178. The third kappa shape index (κ3) is 4.22. The average molecular weight is 425 g/mol. The molecule has 2 atom stereocenters.